The van der Waals surface area contributed by atoms with Gasteiger partial charge >= 0.3 is 0 Å². The number of rotatable bonds is 7. The minimum Gasteiger partial charge on any atom is -0.311 e. The van der Waals surface area contributed by atoms with Crippen molar-refractivity contribution in [3.63, 3.8) is 0 Å². The van der Waals surface area contributed by atoms with Gasteiger partial charge in [0.1, 0.15) is 0 Å². The van der Waals surface area contributed by atoms with Crippen LogP contribution in [-0.4, -0.2) is 0 Å². The van der Waals surface area contributed by atoms with Crippen molar-refractivity contribution in [1.82, 2.24) is 0 Å². The number of hydrogen-bond donors (Lipinski definition) is 0. The number of allylic oxidation sites excluding steroid dienone is 3. The first-order valence-corrected chi connectivity index (χ1v) is 26.0. The van der Waals surface area contributed by atoms with Crippen molar-refractivity contribution in [3.05, 3.63) is 276 Å². The van der Waals surface area contributed by atoms with Crippen LogP contribution in [0.2, 0.25) is 0 Å². The largest absolute Gasteiger partial charge is 0.311 e. The van der Waals surface area contributed by atoms with Gasteiger partial charge in [-0.3, -0.25) is 0 Å². The maximum atomic E-state index is 2.52. The molecule has 1 unspecified atom stereocenters. The average Bonchev–Trinajstić information content (AvgIpc) is 3.83. The van der Waals surface area contributed by atoms with E-state index in [1.54, 1.807) is 0 Å². The van der Waals surface area contributed by atoms with Crippen LogP contribution in [0.25, 0.3) is 88.0 Å². The van der Waals surface area contributed by atoms with Crippen molar-refractivity contribution in [3.8, 4) is 55.6 Å². The van der Waals surface area contributed by atoms with Gasteiger partial charge in [-0.25, -0.2) is 0 Å². The maximum absolute atomic E-state index is 2.52. The third kappa shape index (κ3) is 6.68. The molecule has 0 saturated heterocycles. The lowest BCUT2D eigenvalue weighted by atomic mass is 9.80. The highest BCUT2D eigenvalue weighted by atomic mass is 15.1. The normalized spacial score (nSPS) is 15.7. The van der Waals surface area contributed by atoms with E-state index in [0.717, 1.165) is 6.42 Å². The van der Waals surface area contributed by atoms with Gasteiger partial charge in [-0.15, -0.1) is 0 Å². The van der Waals surface area contributed by atoms with E-state index in [4.69, 9.17) is 0 Å². The van der Waals surface area contributed by atoms with E-state index < -0.39 is 0 Å². The third-order valence-corrected chi connectivity index (χ3v) is 16.8. The molecule has 0 spiro atoms. The topological polar surface area (TPSA) is 3.24 Å². The van der Waals surface area contributed by atoms with E-state index in [9.17, 15) is 0 Å². The van der Waals surface area contributed by atoms with Crippen molar-refractivity contribution in [1.29, 1.82) is 0 Å². The van der Waals surface area contributed by atoms with Gasteiger partial charge in [0, 0.05) is 33.8 Å². The first-order chi connectivity index (χ1) is 35.7. The fourth-order valence-electron chi connectivity index (χ4n) is 13.1. The summed E-state index contributed by atoms with van der Waals surface area (Å²) in [6, 6.07) is 84.2. The first-order valence-electron chi connectivity index (χ1n) is 26.0. The van der Waals surface area contributed by atoms with E-state index in [-0.39, 0.29) is 16.7 Å². The summed E-state index contributed by atoms with van der Waals surface area (Å²) in [4.78, 5) is 2.52. The molecule has 11 aromatic rings. The Labute approximate surface area is 429 Å². The molecule has 1 nitrogen and oxygen atoms in total. The Morgan fingerprint density at radius 2 is 0.863 bits per heavy atom. The van der Waals surface area contributed by atoms with Crippen molar-refractivity contribution in [2.75, 3.05) is 4.90 Å². The summed E-state index contributed by atoms with van der Waals surface area (Å²) in [5, 5.41) is 7.71. The smallest absolute Gasteiger partial charge is 0.0464 e. The summed E-state index contributed by atoms with van der Waals surface area (Å²) in [6.45, 7) is 9.53. The molecular formula is C72H55N. The molecule has 11 aromatic carbocycles. The zero-order valence-corrected chi connectivity index (χ0v) is 41.8. The number of benzene rings is 11. The summed E-state index contributed by atoms with van der Waals surface area (Å²) in [6.07, 6.45) is 8.22. The van der Waals surface area contributed by atoms with Crippen LogP contribution in [0.4, 0.5) is 11.4 Å². The Hall–Kier alpha value is -8.52. The van der Waals surface area contributed by atoms with Gasteiger partial charge in [0.2, 0.25) is 0 Å². The Morgan fingerprint density at radius 1 is 0.370 bits per heavy atom. The van der Waals surface area contributed by atoms with E-state index in [0.29, 0.717) is 0 Å². The highest BCUT2D eigenvalue weighted by Gasteiger charge is 2.38. The first kappa shape index (κ1) is 43.3. The maximum Gasteiger partial charge on any atom is 0.0464 e. The van der Waals surface area contributed by atoms with Crippen molar-refractivity contribution >= 4 is 43.7 Å². The van der Waals surface area contributed by atoms with Crippen LogP contribution in [-0.2, 0) is 10.8 Å². The van der Waals surface area contributed by atoms with Crippen LogP contribution in [0.5, 0.6) is 0 Å². The Morgan fingerprint density at radius 3 is 1.44 bits per heavy atom. The third-order valence-electron chi connectivity index (χ3n) is 16.8. The molecule has 348 valence electrons. The molecule has 0 aromatic heterocycles. The van der Waals surface area contributed by atoms with Gasteiger partial charge in [0.15, 0.2) is 0 Å². The SMILES string of the molecule is CC1(C)c2ccccc2-c2ccc(N(C3=CCC(c4ccc5c(c4)c4ccccc4c4c(-c6ccccc6)cc(-c6ccccc6)c(-c6ccccc6)c54)C=C3)c3ccc4c(c3)C(C)(C)c3ccccc3-4)cc21. The molecule has 0 heterocycles. The average molecular weight is 934 g/mol. The second kappa shape index (κ2) is 16.5. The van der Waals surface area contributed by atoms with E-state index >= 15 is 0 Å². The minimum absolute atomic E-state index is 0.114. The molecule has 1 atom stereocenters. The van der Waals surface area contributed by atoms with E-state index in [1.807, 2.05) is 0 Å². The summed E-state index contributed by atoms with van der Waals surface area (Å²) >= 11 is 0. The van der Waals surface area contributed by atoms with Crippen molar-refractivity contribution < 1.29 is 0 Å². The Kier molecular flexibility index (Phi) is 9.79. The van der Waals surface area contributed by atoms with Gasteiger partial charge in [-0.1, -0.05) is 228 Å². The van der Waals surface area contributed by atoms with Gasteiger partial charge in [0.25, 0.3) is 0 Å². The molecule has 0 saturated carbocycles. The van der Waals surface area contributed by atoms with Crippen LogP contribution in [0.15, 0.2) is 248 Å². The Bertz CT molecular complexity index is 3990. The molecule has 3 aliphatic rings. The van der Waals surface area contributed by atoms with Crippen LogP contribution in [0, 0.1) is 0 Å². The van der Waals surface area contributed by atoms with Crippen molar-refractivity contribution in [2.24, 2.45) is 0 Å². The summed E-state index contributed by atoms with van der Waals surface area (Å²) < 4.78 is 0. The lowest BCUT2D eigenvalue weighted by molar-refractivity contribution is 0.660. The molecule has 0 N–H and O–H groups in total. The zero-order valence-electron chi connectivity index (χ0n) is 41.8. The minimum atomic E-state index is -0.114. The van der Waals surface area contributed by atoms with E-state index in [2.05, 4.69) is 275 Å². The molecule has 0 bridgehead atoms. The quantitative estimate of drug-likeness (QED) is 0.144. The van der Waals surface area contributed by atoms with Crippen LogP contribution < -0.4 is 4.90 Å². The molecular weight excluding hydrogens is 879 g/mol. The Balaban J connectivity index is 0.922. The molecule has 3 aliphatic carbocycles. The predicted octanol–water partition coefficient (Wildman–Crippen LogP) is 19.5. The summed E-state index contributed by atoms with van der Waals surface area (Å²) in [5.41, 5.74) is 23.0. The van der Waals surface area contributed by atoms with Crippen LogP contribution >= 0.6 is 0 Å². The molecule has 0 fully saturated rings. The second-order valence-corrected chi connectivity index (χ2v) is 21.5. The second-order valence-electron chi connectivity index (χ2n) is 21.5. The monoisotopic (exact) mass is 933 g/mol. The number of nitrogens with zero attached hydrogens (tertiary/aromatic N) is 1. The van der Waals surface area contributed by atoms with Crippen molar-refractivity contribution in [2.45, 2.75) is 50.9 Å². The fraction of sp³-hybridized carbons (Fsp3) is 0.111. The number of hydrogen-bond acceptors (Lipinski definition) is 1. The van der Waals surface area contributed by atoms with Crippen LogP contribution in [0.1, 0.15) is 67.9 Å². The highest BCUT2D eigenvalue weighted by molar-refractivity contribution is 6.33. The molecule has 1 heteroatoms. The fourth-order valence-corrected chi connectivity index (χ4v) is 13.1. The van der Waals surface area contributed by atoms with Gasteiger partial charge in [-0.2, -0.15) is 0 Å². The molecule has 14 rings (SSSR count). The molecule has 0 radical (unpaired) electrons. The summed E-state index contributed by atoms with van der Waals surface area (Å²) in [7, 11) is 0. The number of fused-ring (bicyclic) bond motifs is 12. The standard InChI is InChI=1S/C72H55N/c1-71(2)64-30-18-16-27-55(64)57-40-37-52(43-66(57)71)73(53-38-41-58-56-28-17-19-31-65(56)72(3,4)67(58)44-53)51-35-32-46(33-36-51)50-34-39-60-63(42-50)54-26-14-15-29-59(54)69-62(48-22-10-6-11-23-48)45-61(47-20-8-5-9-21-47)68(70(60)69)49-24-12-7-13-25-49/h5-32,34-46H,33H2,1-4H3. The lowest BCUT2D eigenvalue weighted by Gasteiger charge is -2.32. The number of anilines is 2. The van der Waals surface area contributed by atoms with Gasteiger partial charge in [-0.05, 0) is 165 Å². The zero-order chi connectivity index (χ0) is 49.0. The predicted molar refractivity (Wildman–Crippen MR) is 310 cm³/mol. The molecule has 0 amide bonds. The van der Waals surface area contributed by atoms with E-state index in [1.165, 1.54) is 133 Å². The van der Waals surface area contributed by atoms with Gasteiger partial charge in [0.05, 0.1) is 0 Å². The molecule has 73 heavy (non-hydrogen) atoms. The van der Waals surface area contributed by atoms with Crippen LogP contribution in [0.3, 0.4) is 0 Å². The molecule has 0 aliphatic heterocycles. The lowest BCUT2D eigenvalue weighted by Crippen LogP contribution is -2.20. The highest BCUT2D eigenvalue weighted by Crippen LogP contribution is 2.54. The summed E-state index contributed by atoms with van der Waals surface area (Å²) in [5.74, 6) is 0.204. The van der Waals surface area contributed by atoms with Gasteiger partial charge < -0.3 is 4.90 Å².